The molecular weight excluding hydrogens is 234 g/mol. The van der Waals surface area contributed by atoms with Crippen molar-refractivity contribution < 1.29 is 4.79 Å². The lowest BCUT2D eigenvalue weighted by atomic mass is 9.91. The van der Waals surface area contributed by atoms with E-state index in [1.54, 1.807) is 0 Å². The fourth-order valence-corrected chi connectivity index (χ4v) is 3.94. The second-order valence-electron chi connectivity index (χ2n) is 6.24. The summed E-state index contributed by atoms with van der Waals surface area (Å²) in [5, 5.41) is 0. The van der Waals surface area contributed by atoms with Gasteiger partial charge >= 0.3 is 0 Å². The Balaban J connectivity index is 1.62. The molecule has 2 bridgehead atoms. The Morgan fingerprint density at radius 1 is 1.32 bits per heavy atom. The normalized spacial score (nSPS) is 28.9. The molecule has 0 aliphatic carbocycles. The van der Waals surface area contributed by atoms with Gasteiger partial charge in [0.05, 0.1) is 0 Å². The third-order valence-corrected chi connectivity index (χ3v) is 5.00. The molecule has 1 amide bonds. The van der Waals surface area contributed by atoms with Gasteiger partial charge in [0.1, 0.15) is 0 Å². The van der Waals surface area contributed by atoms with E-state index in [0.717, 1.165) is 6.42 Å². The molecule has 2 heteroatoms. The van der Waals surface area contributed by atoms with E-state index in [2.05, 4.69) is 43.0 Å². The van der Waals surface area contributed by atoms with Crippen molar-refractivity contribution in [1.29, 1.82) is 0 Å². The highest BCUT2D eigenvalue weighted by atomic mass is 16.2. The monoisotopic (exact) mass is 257 g/mol. The molecule has 0 aromatic heterocycles. The maximum atomic E-state index is 12.5. The molecule has 3 rings (SSSR count). The third kappa shape index (κ3) is 2.29. The van der Waals surface area contributed by atoms with Gasteiger partial charge in [-0.2, -0.15) is 0 Å². The number of carbonyl (C=O) groups is 1. The van der Waals surface area contributed by atoms with Crippen LogP contribution in [0.3, 0.4) is 0 Å². The highest BCUT2D eigenvalue weighted by Crippen LogP contribution is 2.41. The predicted octanol–water partition coefficient (Wildman–Crippen LogP) is 3.33. The van der Waals surface area contributed by atoms with Crippen LogP contribution in [0.5, 0.6) is 0 Å². The number of rotatable bonds is 3. The molecule has 0 N–H and O–H groups in total. The van der Waals surface area contributed by atoms with Gasteiger partial charge in [0.25, 0.3) is 0 Å². The Labute approximate surface area is 115 Å². The third-order valence-electron chi connectivity index (χ3n) is 5.00. The lowest BCUT2D eigenvalue weighted by Gasteiger charge is -2.23. The number of aryl methyl sites for hydroxylation is 2. The Hall–Kier alpha value is -1.31. The molecule has 2 aliphatic rings. The summed E-state index contributed by atoms with van der Waals surface area (Å²) in [4.78, 5) is 14.7. The Bertz CT molecular complexity index is 482. The zero-order chi connectivity index (χ0) is 13.4. The first-order valence-electron chi connectivity index (χ1n) is 7.52. The van der Waals surface area contributed by atoms with Crippen LogP contribution in [-0.4, -0.2) is 22.9 Å². The minimum atomic E-state index is 0.375. The van der Waals surface area contributed by atoms with Gasteiger partial charge in [-0.25, -0.2) is 0 Å². The van der Waals surface area contributed by atoms with Crippen LogP contribution in [0, 0.1) is 12.8 Å². The van der Waals surface area contributed by atoms with Gasteiger partial charge in [0.2, 0.25) is 5.91 Å². The number of nitrogens with zero attached hydrogens (tertiary/aromatic N) is 1. The van der Waals surface area contributed by atoms with Crippen LogP contribution in [0.1, 0.15) is 43.7 Å². The van der Waals surface area contributed by atoms with Crippen molar-refractivity contribution in [2.45, 2.75) is 58.0 Å². The quantitative estimate of drug-likeness (QED) is 0.813. The van der Waals surface area contributed by atoms with E-state index in [0.29, 0.717) is 30.3 Å². The smallest absolute Gasteiger partial charge is 0.223 e. The minimum absolute atomic E-state index is 0.375. The molecule has 19 heavy (non-hydrogen) atoms. The molecule has 0 radical (unpaired) electrons. The number of amides is 1. The highest BCUT2D eigenvalue weighted by Gasteiger charge is 2.45. The summed E-state index contributed by atoms with van der Waals surface area (Å²) in [5.74, 6) is 1.08. The van der Waals surface area contributed by atoms with Gasteiger partial charge in [0.15, 0.2) is 0 Å². The summed E-state index contributed by atoms with van der Waals surface area (Å²) in [5.41, 5.74) is 2.61. The zero-order valence-corrected chi connectivity index (χ0v) is 11.9. The first-order valence-corrected chi connectivity index (χ1v) is 7.52. The van der Waals surface area contributed by atoms with Crippen molar-refractivity contribution in [3.05, 3.63) is 35.4 Å². The predicted molar refractivity (Wildman–Crippen MR) is 76.9 cm³/mol. The van der Waals surface area contributed by atoms with Crippen molar-refractivity contribution >= 4 is 5.91 Å². The summed E-state index contributed by atoms with van der Waals surface area (Å²) in [7, 11) is 0. The molecular formula is C17H23NO. The number of hydrogen-bond donors (Lipinski definition) is 0. The standard InChI is InChI=1S/C17H23NO/c1-12-5-3-4-6-14(12)7-10-17(19)18-15-8-9-16(18)13(2)11-15/h3-6,13,15-16H,7-11H2,1-2H3. The topological polar surface area (TPSA) is 20.3 Å². The van der Waals surface area contributed by atoms with Crippen LogP contribution < -0.4 is 0 Å². The Morgan fingerprint density at radius 2 is 2.11 bits per heavy atom. The maximum absolute atomic E-state index is 12.5. The Morgan fingerprint density at radius 3 is 2.74 bits per heavy atom. The molecule has 2 nitrogen and oxygen atoms in total. The van der Waals surface area contributed by atoms with Gasteiger partial charge in [-0.1, -0.05) is 31.2 Å². The molecule has 2 saturated heterocycles. The van der Waals surface area contributed by atoms with E-state index < -0.39 is 0 Å². The largest absolute Gasteiger partial charge is 0.336 e. The summed E-state index contributed by atoms with van der Waals surface area (Å²) in [6, 6.07) is 9.47. The summed E-state index contributed by atoms with van der Waals surface area (Å²) >= 11 is 0. The molecule has 3 unspecified atom stereocenters. The highest BCUT2D eigenvalue weighted by molar-refractivity contribution is 5.78. The van der Waals surface area contributed by atoms with Gasteiger partial charge in [-0.15, -0.1) is 0 Å². The maximum Gasteiger partial charge on any atom is 0.223 e. The number of hydrogen-bond acceptors (Lipinski definition) is 1. The molecule has 0 saturated carbocycles. The average Bonchev–Trinajstić information content (AvgIpc) is 2.94. The van der Waals surface area contributed by atoms with Crippen molar-refractivity contribution in [1.82, 2.24) is 4.90 Å². The summed E-state index contributed by atoms with van der Waals surface area (Å²) in [6.07, 6.45) is 5.23. The van der Waals surface area contributed by atoms with Crippen LogP contribution in [0.15, 0.2) is 24.3 Å². The van der Waals surface area contributed by atoms with E-state index in [1.807, 2.05) is 0 Å². The van der Waals surface area contributed by atoms with Gasteiger partial charge in [-0.05, 0) is 49.7 Å². The number of carbonyl (C=O) groups excluding carboxylic acids is 1. The molecule has 2 heterocycles. The van der Waals surface area contributed by atoms with E-state index in [1.165, 1.54) is 30.4 Å². The van der Waals surface area contributed by atoms with Crippen LogP contribution in [0.2, 0.25) is 0 Å². The molecule has 2 fully saturated rings. The second-order valence-corrected chi connectivity index (χ2v) is 6.24. The molecule has 0 spiro atoms. The summed E-state index contributed by atoms with van der Waals surface area (Å²) < 4.78 is 0. The minimum Gasteiger partial charge on any atom is -0.336 e. The van der Waals surface area contributed by atoms with E-state index in [9.17, 15) is 4.79 Å². The van der Waals surface area contributed by atoms with E-state index in [4.69, 9.17) is 0 Å². The van der Waals surface area contributed by atoms with E-state index >= 15 is 0 Å². The molecule has 2 aliphatic heterocycles. The first kappa shape index (κ1) is 12.7. The molecule has 1 aromatic carbocycles. The van der Waals surface area contributed by atoms with Crippen LogP contribution in [0.25, 0.3) is 0 Å². The molecule has 1 aromatic rings. The SMILES string of the molecule is Cc1ccccc1CCC(=O)N1C2CCC1C(C)C2. The number of benzene rings is 1. The van der Waals surface area contributed by atoms with Crippen molar-refractivity contribution in [3.8, 4) is 0 Å². The molecule has 102 valence electrons. The van der Waals surface area contributed by atoms with E-state index in [-0.39, 0.29) is 0 Å². The van der Waals surface area contributed by atoms with Crippen LogP contribution >= 0.6 is 0 Å². The lowest BCUT2D eigenvalue weighted by Crippen LogP contribution is -2.36. The number of fused-ring (bicyclic) bond motifs is 2. The van der Waals surface area contributed by atoms with Gasteiger partial charge in [0, 0.05) is 18.5 Å². The Kier molecular flexibility index (Phi) is 3.34. The average molecular weight is 257 g/mol. The van der Waals surface area contributed by atoms with Crippen molar-refractivity contribution in [2.75, 3.05) is 0 Å². The van der Waals surface area contributed by atoms with Gasteiger partial charge in [-0.3, -0.25) is 4.79 Å². The zero-order valence-electron chi connectivity index (χ0n) is 11.9. The second kappa shape index (κ2) is 4.99. The molecule has 3 atom stereocenters. The lowest BCUT2D eigenvalue weighted by molar-refractivity contribution is -0.132. The van der Waals surface area contributed by atoms with Crippen LogP contribution in [-0.2, 0) is 11.2 Å². The fraction of sp³-hybridized carbons (Fsp3) is 0.588. The van der Waals surface area contributed by atoms with Crippen molar-refractivity contribution in [3.63, 3.8) is 0 Å². The summed E-state index contributed by atoms with van der Waals surface area (Å²) in [6.45, 7) is 4.42. The van der Waals surface area contributed by atoms with Gasteiger partial charge < -0.3 is 4.90 Å². The fourth-order valence-electron chi connectivity index (χ4n) is 3.94. The van der Waals surface area contributed by atoms with Crippen LogP contribution in [0.4, 0.5) is 0 Å². The van der Waals surface area contributed by atoms with Crippen molar-refractivity contribution in [2.24, 2.45) is 5.92 Å². The first-order chi connectivity index (χ1) is 9.16.